The number of benzene rings is 1. The maximum absolute atomic E-state index is 11.7. The summed E-state index contributed by atoms with van der Waals surface area (Å²) in [6.45, 7) is 3.76. The molecule has 26 heavy (non-hydrogen) atoms. The number of hydrogen-bond donors (Lipinski definition) is 0. The van der Waals surface area contributed by atoms with Crippen molar-refractivity contribution in [3.63, 3.8) is 0 Å². The maximum Gasteiger partial charge on any atom is 0.356 e. The normalized spacial score (nSPS) is 10.6. The Hall–Kier alpha value is -3.22. The lowest BCUT2D eigenvalue weighted by Gasteiger charge is -2.11. The largest absolute Gasteiger partial charge is 0.495 e. The van der Waals surface area contributed by atoms with E-state index in [0.717, 1.165) is 22.7 Å². The summed E-state index contributed by atoms with van der Waals surface area (Å²) in [5.41, 5.74) is 3.78. The fraction of sp³-hybridized carbons (Fsp3) is 0.263. The lowest BCUT2D eigenvalue weighted by Crippen LogP contribution is -2.09. The van der Waals surface area contributed by atoms with E-state index in [-0.39, 0.29) is 5.69 Å². The van der Waals surface area contributed by atoms with Crippen molar-refractivity contribution in [2.45, 2.75) is 20.3 Å². The van der Waals surface area contributed by atoms with E-state index in [0.29, 0.717) is 17.9 Å². The van der Waals surface area contributed by atoms with Gasteiger partial charge in [-0.3, -0.25) is 0 Å². The number of aromatic nitrogens is 4. The van der Waals surface area contributed by atoms with Crippen LogP contribution in [0, 0.1) is 13.8 Å². The van der Waals surface area contributed by atoms with Crippen LogP contribution in [0.5, 0.6) is 5.75 Å². The maximum atomic E-state index is 11.7. The Bertz CT molecular complexity index is 950. The monoisotopic (exact) mass is 352 g/mol. The first kappa shape index (κ1) is 17.6. The highest BCUT2D eigenvalue weighted by atomic mass is 16.5. The summed E-state index contributed by atoms with van der Waals surface area (Å²) in [5.74, 6) is 0.805. The fourth-order valence-corrected chi connectivity index (χ4v) is 2.70. The van der Waals surface area contributed by atoms with Gasteiger partial charge in [-0.2, -0.15) is 0 Å². The second-order valence-electron chi connectivity index (χ2n) is 5.91. The van der Waals surface area contributed by atoms with Gasteiger partial charge in [0.15, 0.2) is 5.69 Å². The van der Waals surface area contributed by atoms with E-state index < -0.39 is 5.97 Å². The predicted octanol–water partition coefficient (Wildman–Crippen LogP) is 2.67. The molecule has 7 nitrogen and oxygen atoms in total. The van der Waals surface area contributed by atoms with Gasteiger partial charge in [-0.15, -0.1) is 0 Å². The van der Waals surface area contributed by atoms with Gasteiger partial charge in [-0.1, -0.05) is 6.07 Å². The van der Waals surface area contributed by atoms with Crippen LogP contribution in [0.1, 0.15) is 33.3 Å². The second-order valence-corrected chi connectivity index (χ2v) is 5.91. The molecular weight excluding hydrogens is 332 g/mol. The summed E-state index contributed by atoms with van der Waals surface area (Å²) < 4.78 is 12.2. The van der Waals surface area contributed by atoms with Crippen molar-refractivity contribution in [3.8, 4) is 11.4 Å². The first-order chi connectivity index (χ1) is 12.5. The number of imidazole rings is 1. The number of carbonyl (C=O) groups excluding carboxylic acids is 1. The van der Waals surface area contributed by atoms with E-state index in [1.54, 1.807) is 19.5 Å². The summed E-state index contributed by atoms with van der Waals surface area (Å²) in [6.07, 6.45) is 4.16. The van der Waals surface area contributed by atoms with Crippen LogP contribution in [0.3, 0.4) is 0 Å². The number of rotatable bonds is 5. The van der Waals surface area contributed by atoms with Crippen molar-refractivity contribution in [2.75, 3.05) is 14.2 Å². The molecule has 0 atom stereocenters. The summed E-state index contributed by atoms with van der Waals surface area (Å²) >= 11 is 0. The van der Waals surface area contributed by atoms with Crippen LogP contribution in [0.2, 0.25) is 0 Å². The average molecular weight is 352 g/mol. The minimum Gasteiger partial charge on any atom is -0.495 e. The van der Waals surface area contributed by atoms with Crippen LogP contribution < -0.4 is 4.74 Å². The zero-order valence-corrected chi connectivity index (χ0v) is 15.2. The van der Waals surface area contributed by atoms with E-state index in [4.69, 9.17) is 9.47 Å². The van der Waals surface area contributed by atoms with Crippen molar-refractivity contribution in [2.24, 2.45) is 0 Å². The molecule has 0 amide bonds. The SMILES string of the molecule is COC(=O)c1cc(C)nc(Cc2ccc(-n3cnc(C)c3)c(OC)c2)n1. The summed E-state index contributed by atoms with van der Waals surface area (Å²) in [4.78, 5) is 24.7. The zero-order chi connectivity index (χ0) is 18.7. The minimum atomic E-state index is -0.472. The summed E-state index contributed by atoms with van der Waals surface area (Å²) in [5, 5.41) is 0. The number of carbonyl (C=O) groups is 1. The van der Waals surface area contributed by atoms with Crippen LogP contribution in [0.4, 0.5) is 0 Å². The topological polar surface area (TPSA) is 79.1 Å². The number of nitrogens with zero attached hydrogens (tertiary/aromatic N) is 4. The minimum absolute atomic E-state index is 0.257. The van der Waals surface area contributed by atoms with Crippen LogP contribution >= 0.6 is 0 Å². The predicted molar refractivity (Wildman–Crippen MR) is 95.8 cm³/mol. The Morgan fingerprint density at radius 2 is 1.92 bits per heavy atom. The van der Waals surface area contributed by atoms with Gasteiger partial charge in [-0.25, -0.2) is 19.7 Å². The third-order valence-corrected chi connectivity index (χ3v) is 3.89. The van der Waals surface area contributed by atoms with Crippen LogP contribution in [0.25, 0.3) is 5.69 Å². The van der Waals surface area contributed by atoms with Gasteiger partial charge >= 0.3 is 5.97 Å². The molecular formula is C19H20N4O3. The highest BCUT2D eigenvalue weighted by Crippen LogP contribution is 2.25. The second kappa shape index (κ2) is 7.35. The molecule has 0 bridgehead atoms. The van der Waals surface area contributed by atoms with Crippen molar-refractivity contribution in [1.29, 1.82) is 0 Å². The molecule has 0 aliphatic rings. The molecule has 3 rings (SSSR count). The van der Waals surface area contributed by atoms with Crippen molar-refractivity contribution in [1.82, 2.24) is 19.5 Å². The number of esters is 1. The van der Waals surface area contributed by atoms with E-state index in [2.05, 4.69) is 15.0 Å². The third-order valence-electron chi connectivity index (χ3n) is 3.89. The summed E-state index contributed by atoms with van der Waals surface area (Å²) in [6, 6.07) is 7.50. The smallest absolute Gasteiger partial charge is 0.356 e. The molecule has 0 spiro atoms. The van der Waals surface area contributed by atoms with Gasteiger partial charge in [0.25, 0.3) is 0 Å². The molecule has 0 fully saturated rings. The Balaban J connectivity index is 1.91. The lowest BCUT2D eigenvalue weighted by atomic mass is 10.1. The molecule has 3 aromatic rings. The quantitative estimate of drug-likeness (QED) is 0.657. The molecule has 0 unspecified atom stereocenters. The number of hydrogen-bond acceptors (Lipinski definition) is 6. The van der Waals surface area contributed by atoms with E-state index in [1.165, 1.54) is 7.11 Å². The molecule has 0 aliphatic carbocycles. The van der Waals surface area contributed by atoms with Gasteiger partial charge in [0, 0.05) is 18.3 Å². The van der Waals surface area contributed by atoms with Gasteiger partial charge in [0.1, 0.15) is 11.6 Å². The van der Waals surface area contributed by atoms with Gasteiger partial charge in [0.2, 0.25) is 0 Å². The first-order valence-corrected chi connectivity index (χ1v) is 8.11. The molecule has 0 radical (unpaired) electrons. The molecule has 0 saturated heterocycles. The molecule has 0 N–H and O–H groups in total. The average Bonchev–Trinajstić information content (AvgIpc) is 3.06. The highest BCUT2D eigenvalue weighted by molar-refractivity contribution is 5.87. The Labute approximate surface area is 151 Å². The van der Waals surface area contributed by atoms with E-state index in [1.807, 2.05) is 42.8 Å². The molecule has 2 aromatic heterocycles. The van der Waals surface area contributed by atoms with Crippen molar-refractivity contribution >= 4 is 5.97 Å². The van der Waals surface area contributed by atoms with Gasteiger partial charge in [-0.05, 0) is 37.6 Å². The van der Waals surface area contributed by atoms with Crippen LogP contribution in [-0.2, 0) is 11.2 Å². The number of methoxy groups -OCH3 is 2. The molecule has 2 heterocycles. The number of aryl methyl sites for hydroxylation is 2. The Kier molecular flexibility index (Phi) is 4.97. The summed E-state index contributed by atoms with van der Waals surface area (Å²) in [7, 11) is 2.96. The van der Waals surface area contributed by atoms with Gasteiger partial charge in [0.05, 0.1) is 31.9 Å². The van der Waals surface area contributed by atoms with Crippen molar-refractivity contribution in [3.05, 3.63) is 65.3 Å². The highest BCUT2D eigenvalue weighted by Gasteiger charge is 2.12. The fourth-order valence-electron chi connectivity index (χ4n) is 2.70. The van der Waals surface area contributed by atoms with E-state index >= 15 is 0 Å². The molecule has 1 aromatic carbocycles. The lowest BCUT2D eigenvalue weighted by molar-refractivity contribution is 0.0593. The Morgan fingerprint density at radius 3 is 2.58 bits per heavy atom. The molecule has 0 aliphatic heterocycles. The first-order valence-electron chi connectivity index (χ1n) is 8.11. The van der Waals surface area contributed by atoms with Crippen LogP contribution in [0.15, 0.2) is 36.8 Å². The zero-order valence-electron chi connectivity index (χ0n) is 15.2. The third kappa shape index (κ3) is 3.72. The van der Waals surface area contributed by atoms with Gasteiger partial charge < -0.3 is 14.0 Å². The number of ether oxygens (including phenoxy) is 2. The van der Waals surface area contributed by atoms with E-state index in [9.17, 15) is 4.79 Å². The Morgan fingerprint density at radius 1 is 1.12 bits per heavy atom. The molecule has 0 saturated carbocycles. The standard InChI is InChI=1S/C19H20N4O3/c1-12-7-15(19(24)26-4)22-18(21-12)9-14-5-6-16(17(8-14)25-3)23-10-13(2)20-11-23/h5-8,10-11H,9H2,1-4H3. The van der Waals surface area contributed by atoms with Crippen LogP contribution in [-0.4, -0.2) is 39.7 Å². The van der Waals surface area contributed by atoms with Crippen molar-refractivity contribution < 1.29 is 14.3 Å². The molecule has 7 heteroatoms. The molecule has 134 valence electrons.